The van der Waals surface area contributed by atoms with Gasteiger partial charge in [0.2, 0.25) is 0 Å². The summed E-state index contributed by atoms with van der Waals surface area (Å²) in [5, 5.41) is 8.98. The molecule has 0 aromatic carbocycles. The number of nitrogens with zero attached hydrogens (tertiary/aromatic N) is 1. The third kappa shape index (κ3) is 2.74. The average Bonchev–Trinajstić information content (AvgIpc) is 2.61. The van der Waals surface area contributed by atoms with Gasteiger partial charge in [-0.1, -0.05) is 13.0 Å². The molecule has 1 heterocycles. The van der Waals surface area contributed by atoms with Gasteiger partial charge in [0.25, 0.3) is 0 Å². The van der Waals surface area contributed by atoms with E-state index in [1.807, 2.05) is 6.08 Å². The van der Waals surface area contributed by atoms with Gasteiger partial charge in [-0.05, 0) is 30.5 Å². The molecule has 72 valence electrons. The van der Waals surface area contributed by atoms with Crippen LogP contribution < -0.4 is 0 Å². The molecular weight excluding hydrogens is 162 g/mol. The minimum Gasteiger partial charge on any atom is -0.392 e. The van der Waals surface area contributed by atoms with E-state index in [0.29, 0.717) is 0 Å². The van der Waals surface area contributed by atoms with Crippen molar-refractivity contribution in [3.63, 3.8) is 0 Å². The molecule has 0 saturated carbocycles. The predicted octanol–water partition coefficient (Wildman–Crippen LogP) is 2.29. The van der Waals surface area contributed by atoms with E-state index in [1.165, 1.54) is 5.56 Å². The molecule has 0 amide bonds. The molecule has 0 radical (unpaired) electrons. The fraction of sp³-hybridized carbons (Fsp3) is 0.455. The number of rotatable bonds is 4. The molecular formula is C11H17NO. The average molecular weight is 179 g/mol. The zero-order valence-corrected chi connectivity index (χ0v) is 8.33. The van der Waals surface area contributed by atoms with Crippen molar-refractivity contribution in [2.45, 2.75) is 26.8 Å². The van der Waals surface area contributed by atoms with E-state index >= 15 is 0 Å². The van der Waals surface area contributed by atoms with Crippen LogP contribution in [0.15, 0.2) is 24.0 Å². The highest BCUT2D eigenvalue weighted by atomic mass is 16.3. The second-order valence-electron chi connectivity index (χ2n) is 3.09. The number of aromatic nitrogens is 1. The van der Waals surface area contributed by atoms with Gasteiger partial charge in [-0.15, -0.1) is 0 Å². The summed E-state index contributed by atoms with van der Waals surface area (Å²) in [6.07, 6.45) is 7.10. The largest absolute Gasteiger partial charge is 0.392 e. The van der Waals surface area contributed by atoms with Gasteiger partial charge in [0.15, 0.2) is 0 Å². The fourth-order valence-electron chi connectivity index (χ4n) is 1.24. The van der Waals surface area contributed by atoms with Crippen LogP contribution in [0.2, 0.25) is 0 Å². The summed E-state index contributed by atoms with van der Waals surface area (Å²) >= 11 is 0. The van der Waals surface area contributed by atoms with Crippen molar-refractivity contribution in [2.24, 2.45) is 0 Å². The van der Waals surface area contributed by atoms with Crippen molar-refractivity contribution in [3.05, 3.63) is 29.6 Å². The smallest absolute Gasteiger partial charge is 0.0644 e. The summed E-state index contributed by atoms with van der Waals surface area (Å²) in [4.78, 5) is 0. The number of hydrogen-bond donors (Lipinski definition) is 1. The molecule has 1 aromatic rings. The number of aliphatic hydroxyl groups excluding tert-OH is 1. The van der Waals surface area contributed by atoms with Crippen molar-refractivity contribution in [1.29, 1.82) is 0 Å². The first-order chi connectivity index (χ1) is 6.30. The van der Waals surface area contributed by atoms with Gasteiger partial charge < -0.3 is 9.67 Å². The van der Waals surface area contributed by atoms with Gasteiger partial charge in [-0.2, -0.15) is 0 Å². The molecule has 0 spiro atoms. The van der Waals surface area contributed by atoms with Crippen LogP contribution in [0, 0.1) is 0 Å². The summed E-state index contributed by atoms with van der Waals surface area (Å²) in [6, 6.07) is 2.06. The Morgan fingerprint density at radius 3 is 2.77 bits per heavy atom. The third-order valence-corrected chi connectivity index (χ3v) is 2.17. The van der Waals surface area contributed by atoms with E-state index in [0.717, 1.165) is 18.5 Å². The van der Waals surface area contributed by atoms with Crippen LogP contribution in [0.5, 0.6) is 0 Å². The molecule has 13 heavy (non-hydrogen) atoms. The van der Waals surface area contributed by atoms with Crippen molar-refractivity contribution in [1.82, 2.24) is 4.57 Å². The molecule has 0 atom stereocenters. The highest BCUT2D eigenvalue weighted by molar-refractivity contribution is 5.52. The summed E-state index contributed by atoms with van der Waals surface area (Å²) in [7, 11) is 0. The Balaban J connectivity index is 2.77. The first kappa shape index (κ1) is 10.1. The molecule has 1 aromatic heterocycles. The molecule has 0 unspecified atom stereocenters. The number of hydrogen-bond acceptors (Lipinski definition) is 1. The van der Waals surface area contributed by atoms with Crippen LogP contribution >= 0.6 is 0 Å². The van der Waals surface area contributed by atoms with Crippen LogP contribution in [0.4, 0.5) is 0 Å². The zero-order valence-electron chi connectivity index (χ0n) is 8.33. The second kappa shape index (κ2) is 4.87. The Morgan fingerprint density at radius 2 is 2.31 bits per heavy atom. The maximum atomic E-state index is 8.98. The second-order valence-corrected chi connectivity index (χ2v) is 3.09. The quantitative estimate of drug-likeness (QED) is 0.753. The van der Waals surface area contributed by atoms with Gasteiger partial charge in [-0.25, -0.2) is 0 Å². The zero-order chi connectivity index (χ0) is 9.68. The highest BCUT2D eigenvalue weighted by Gasteiger charge is 1.94. The van der Waals surface area contributed by atoms with Gasteiger partial charge in [0.1, 0.15) is 0 Å². The van der Waals surface area contributed by atoms with Crippen LogP contribution in [-0.4, -0.2) is 16.3 Å². The van der Waals surface area contributed by atoms with Crippen molar-refractivity contribution < 1.29 is 5.11 Å². The maximum Gasteiger partial charge on any atom is 0.0644 e. The molecule has 0 saturated heterocycles. The van der Waals surface area contributed by atoms with Crippen molar-refractivity contribution >= 4 is 6.08 Å². The number of aryl methyl sites for hydroxylation is 1. The Morgan fingerprint density at radius 1 is 1.54 bits per heavy atom. The van der Waals surface area contributed by atoms with Crippen LogP contribution in [0.25, 0.3) is 6.08 Å². The van der Waals surface area contributed by atoms with Gasteiger partial charge in [0.05, 0.1) is 6.61 Å². The Kier molecular flexibility index (Phi) is 3.77. The first-order valence-electron chi connectivity index (χ1n) is 4.76. The van der Waals surface area contributed by atoms with E-state index in [1.54, 1.807) is 0 Å². The monoisotopic (exact) mass is 179 g/mol. The maximum absolute atomic E-state index is 8.98. The molecule has 0 aliphatic carbocycles. The van der Waals surface area contributed by atoms with Crippen LogP contribution in [0.1, 0.15) is 25.8 Å². The highest BCUT2D eigenvalue weighted by Crippen LogP contribution is 2.09. The third-order valence-electron chi connectivity index (χ3n) is 2.17. The Labute approximate surface area is 79.5 Å². The standard InChI is InChI=1S/C11H17NO/c1-3-10(9-13)7-11-5-6-12(4-2)8-11/h5-8,13H,3-4,9H2,1-2H3. The Hall–Kier alpha value is -1.02. The van der Waals surface area contributed by atoms with Gasteiger partial charge in [0, 0.05) is 18.9 Å². The lowest BCUT2D eigenvalue weighted by Crippen LogP contribution is -1.88. The molecule has 0 aliphatic rings. The summed E-state index contributed by atoms with van der Waals surface area (Å²) in [5.41, 5.74) is 2.25. The summed E-state index contributed by atoms with van der Waals surface area (Å²) in [6.45, 7) is 5.32. The lowest BCUT2D eigenvalue weighted by molar-refractivity contribution is 0.329. The van der Waals surface area contributed by atoms with Crippen molar-refractivity contribution in [2.75, 3.05) is 6.61 Å². The molecule has 0 bridgehead atoms. The van der Waals surface area contributed by atoms with E-state index < -0.39 is 0 Å². The fourth-order valence-corrected chi connectivity index (χ4v) is 1.24. The molecule has 1 rings (SSSR count). The van der Waals surface area contributed by atoms with Gasteiger partial charge in [-0.3, -0.25) is 0 Å². The topological polar surface area (TPSA) is 25.2 Å². The Bertz CT molecular complexity index is 280. The summed E-state index contributed by atoms with van der Waals surface area (Å²) in [5.74, 6) is 0. The van der Waals surface area contributed by atoms with Crippen LogP contribution in [-0.2, 0) is 6.54 Å². The number of aliphatic hydroxyl groups is 1. The lowest BCUT2D eigenvalue weighted by Gasteiger charge is -1.97. The van der Waals surface area contributed by atoms with E-state index in [9.17, 15) is 0 Å². The molecule has 2 nitrogen and oxygen atoms in total. The van der Waals surface area contributed by atoms with Crippen molar-refractivity contribution in [3.8, 4) is 0 Å². The molecule has 2 heteroatoms. The minimum atomic E-state index is 0.161. The first-order valence-corrected chi connectivity index (χ1v) is 4.76. The predicted molar refractivity (Wildman–Crippen MR) is 55.5 cm³/mol. The minimum absolute atomic E-state index is 0.161. The molecule has 1 N–H and O–H groups in total. The van der Waals surface area contributed by atoms with Gasteiger partial charge >= 0.3 is 0 Å². The van der Waals surface area contributed by atoms with Crippen LogP contribution in [0.3, 0.4) is 0 Å². The van der Waals surface area contributed by atoms with E-state index in [4.69, 9.17) is 5.11 Å². The lowest BCUT2D eigenvalue weighted by atomic mass is 10.1. The van der Waals surface area contributed by atoms with E-state index in [2.05, 4.69) is 36.9 Å². The summed E-state index contributed by atoms with van der Waals surface area (Å²) < 4.78 is 2.12. The molecule has 0 fully saturated rings. The SMILES string of the molecule is CCC(=Cc1ccn(CC)c1)CO. The molecule has 0 aliphatic heterocycles. The van der Waals surface area contributed by atoms with E-state index in [-0.39, 0.29) is 6.61 Å². The normalized spacial score (nSPS) is 12.1.